The largest absolute Gasteiger partial charge is 0.465 e. The minimum absolute atomic E-state index is 0.00800. The van der Waals surface area contributed by atoms with Gasteiger partial charge in [0.05, 0.1) is 12.6 Å². The van der Waals surface area contributed by atoms with Crippen molar-refractivity contribution >= 4 is 28.5 Å². The summed E-state index contributed by atoms with van der Waals surface area (Å²) in [5, 5.41) is 0. The van der Waals surface area contributed by atoms with Crippen LogP contribution in [0.1, 0.15) is 25.1 Å². The van der Waals surface area contributed by atoms with Crippen molar-refractivity contribution in [3.05, 3.63) is 42.9 Å². The van der Waals surface area contributed by atoms with Crippen LogP contribution in [0.25, 0.3) is 16.7 Å². The molecule has 8 heteroatoms. The highest BCUT2D eigenvalue weighted by Gasteiger charge is 2.26. The van der Waals surface area contributed by atoms with E-state index in [1.54, 1.807) is 17.2 Å². The smallest absolute Gasteiger partial charge is 0.245 e. The van der Waals surface area contributed by atoms with Crippen LogP contribution in [0.3, 0.4) is 0 Å². The lowest BCUT2D eigenvalue weighted by Gasteiger charge is -2.29. The predicted octanol–water partition coefficient (Wildman–Crippen LogP) is 1.88. The van der Waals surface area contributed by atoms with Crippen LogP contribution in [-0.4, -0.2) is 43.4 Å². The van der Waals surface area contributed by atoms with Crippen LogP contribution < -0.4 is 5.73 Å². The van der Waals surface area contributed by atoms with E-state index >= 15 is 0 Å². The molecule has 0 bridgehead atoms. The first-order chi connectivity index (χ1) is 12.1. The number of amides is 1. The van der Waals surface area contributed by atoms with E-state index in [-0.39, 0.29) is 5.91 Å². The van der Waals surface area contributed by atoms with Crippen molar-refractivity contribution in [1.29, 1.82) is 0 Å². The molecule has 3 aromatic rings. The van der Waals surface area contributed by atoms with E-state index in [1.165, 1.54) is 6.33 Å². The Kier molecular flexibility index (Phi) is 3.72. The van der Waals surface area contributed by atoms with Crippen LogP contribution in [0.5, 0.6) is 0 Å². The molecule has 0 fully saturated rings. The van der Waals surface area contributed by atoms with Gasteiger partial charge in [-0.25, -0.2) is 15.0 Å². The van der Waals surface area contributed by atoms with Gasteiger partial charge in [-0.3, -0.25) is 4.79 Å². The van der Waals surface area contributed by atoms with Gasteiger partial charge in [0.1, 0.15) is 23.6 Å². The molecule has 1 aliphatic rings. The third-order valence-electron chi connectivity index (χ3n) is 4.46. The first-order valence-electron chi connectivity index (χ1n) is 8.10. The zero-order valence-corrected chi connectivity index (χ0v) is 13.8. The molecule has 0 aliphatic carbocycles. The molecule has 8 nitrogen and oxygen atoms in total. The number of hydrogen-bond donors (Lipinski definition) is 1. The molecular weight excluding hydrogens is 320 g/mol. The number of imidazole rings is 1. The lowest BCUT2D eigenvalue weighted by atomic mass is 10.1. The van der Waals surface area contributed by atoms with Crippen molar-refractivity contribution in [3.8, 4) is 0 Å². The number of nitrogen functional groups attached to an aromatic ring is 1. The van der Waals surface area contributed by atoms with Gasteiger partial charge in [0, 0.05) is 18.7 Å². The maximum atomic E-state index is 13.0. The summed E-state index contributed by atoms with van der Waals surface area (Å²) in [6, 6.07) is 3.32. The summed E-state index contributed by atoms with van der Waals surface area (Å²) >= 11 is 0. The van der Waals surface area contributed by atoms with Gasteiger partial charge in [0.25, 0.3) is 0 Å². The van der Waals surface area contributed by atoms with Gasteiger partial charge in [0.15, 0.2) is 11.5 Å². The molecule has 0 radical (unpaired) electrons. The van der Waals surface area contributed by atoms with Gasteiger partial charge < -0.3 is 19.6 Å². The molecule has 2 N–H and O–H groups in total. The summed E-state index contributed by atoms with van der Waals surface area (Å²) in [7, 11) is 0. The highest BCUT2D eigenvalue weighted by Crippen LogP contribution is 2.25. The average Bonchev–Trinajstić information content (AvgIpc) is 3.31. The van der Waals surface area contributed by atoms with E-state index in [0.29, 0.717) is 30.1 Å². The Morgan fingerprint density at radius 2 is 2.24 bits per heavy atom. The van der Waals surface area contributed by atoms with E-state index in [9.17, 15) is 4.79 Å². The molecule has 25 heavy (non-hydrogen) atoms. The lowest BCUT2D eigenvalue weighted by Crippen LogP contribution is -2.39. The number of aromatic nitrogens is 4. The third kappa shape index (κ3) is 2.65. The quantitative estimate of drug-likeness (QED) is 0.782. The number of rotatable bonds is 3. The summed E-state index contributed by atoms with van der Waals surface area (Å²) in [5.41, 5.74) is 7.92. The predicted molar refractivity (Wildman–Crippen MR) is 92.3 cm³/mol. The second kappa shape index (κ2) is 6.04. The van der Waals surface area contributed by atoms with Crippen LogP contribution in [-0.2, 0) is 4.79 Å². The van der Waals surface area contributed by atoms with E-state index in [4.69, 9.17) is 10.2 Å². The van der Waals surface area contributed by atoms with E-state index < -0.39 is 6.04 Å². The second-order valence-corrected chi connectivity index (χ2v) is 6.01. The topological polar surface area (TPSA) is 103 Å². The van der Waals surface area contributed by atoms with Gasteiger partial charge in [-0.1, -0.05) is 6.08 Å². The first kappa shape index (κ1) is 15.4. The molecule has 0 saturated heterocycles. The van der Waals surface area contributed by atoms with Crippen molar-refractivity contribution in [2.24, 2.45) is 0 Å². The Morgan fingerprint density at radius 1 is 1.36 bits per heavy atom. The minimum atomic E-state index is -0.435. The molecule has 3 aromatic heterocycles. The Labute approximate surface area is 144 Å². The normalized spacial score (nSPS) is 16.0. The van der Waals surface area contributed by atoms with Crippen LogP contribution >= 0.6 is 0 Å². The van der Waals surface area contributed by atoms with E-state index in [0.717, 1.165) is 17.8 Å². The van der Waals surface area contributed by atoms with Gasteiger partial charge >= 0.3 is 0 Å². The number of anilines is 1. The number of nitrogens with two attached hydrogens (primary N) is 1. The average molecular weight is 338 g/mol. The van der Waals surface area contributed by atoms with Crippen LogP contribution in [0.2, 0.25) is 0 Å². The number of carbonyl (C=O) groups is 1. The summed E-state index contributed by atoms with van der Waals surface area (Å²) < 4.78 is 7.19. The molecule has 128 valence electrons. The van der Waals surface area contributed by atoms with Crippen molar-refractivity contribution < 1.29 is 9.21 Å². The molecule has 0 spiro atoms. The van der Waals surface area contributed by atoms with Gasteiger partial charge in [-0.05, 0) is 25.5 Å². The Hall–Kier alpha value is -3.16. The van der Waals surface area contributed by atoms with Crippen molar-refractivity contribution in [2.45, 2.75) is 19.4 Å². The fraction of sp³-hybridized carbons (Fsp3) is 0.294. The number of nitrogens with zero attached hydrogens (tertiary/aromatic N) is 5. The third-order valence-corrected chi connectivity index (χ3v) is 4.46. The number of furan rings is 1. The highest BCUT2D eigenvalue weighted by atomic mass is 16.3. The molecule has 0 saturated carbocycles. The molecule has 1 atom stereocenters. The van der Waals surface area contributed by atoms with E-state index in [1.807, 2.05) is 24.0 Å². The molecule has 1 unspecified atom stereocenters. The fourth-order valence-electron chi connectivity index (χ4n) is 3.11. The summed E-state index contributed by atoms with van der Waals surface area (Å²) in [6.07, 6.45) is 7.53. The summed E-state index contributed by atoms with van der Waals surface area (Å²) in [4.78, 5) is 27.2. The van der Waals surface area contributed by atoms with Gasteiger partial charge in [-0.2, -0.15) is 0 Å². The number of fused-ring (bicyclic) bond motifs is 1. The van der Waals surface area contributed by atoms with Crippen molar-refractivity contribution in [2.75, 3.05) is 18.8 Å². The number of carbonyl (C=O) groups excluding carboxylic acids is 1. The van der Waals surface area contributed by atoms with Gasteiger partial charge in [0.2, 0.25) is 5.91 Å². The monoisotopic (exact) mass is 338 g/mol. The van der Waals surface area contributed by atoms with Crippen LogP contribution in [0.15, 0.2) is 41.5 Å². The fourth-order valence-corrected chi connectivity index (χ4v) is 3.11. The second-order valence-electron chi connectivity index (χ2n) is 6.01. The van der Waals surface area contributed by atoms with Crippen LogP contribution in [0, 0.1) is 0 Å². The molecule has 4 rings (SSSR count). The zero-order chi connectivity index (χ0) is 17.4. The maximum Gasteiger partial charge on any atom is 0.245 e. The Balaban J connectivity index is 1.58. The maximum absolute atomic E-state index is 13.0. The zero-order valence-electron chi connectivity index (χ0n) is 13.8. The minimum Gasteiger partial charge on any atom is -0.465 e. The van der Waals surface area contributed by atoms with E-state index in [2.05, 4.69) is 21.0 Å². The van der Waals surface area contributed by atoms with Crippen LogP contribution in [0.4, 0.5) is 5.82 Å². The summed E-state index contributed by atoms with van der Waals surface area (Å²) in [5.74, 6) is 1.12. The standard InChI is InChI=1S/C17H18N6O2/c1-11(23-10-21-14-15(18)19-9-20-16(14)23)17(24)22-6-2-4-12(8-22)13-5-3-7-25-13/h3-5,7,9-11H,2,6,8H2,1H3,(H2,18,19,20). The van der Waals surface area contributed by atoms with Crippen molar-refractivity contribution in [1.82, 2.24) is 24.4 Å². The van der Waals surface area contributed by atoms with Crippen molar-refractivity contribution in [3.63, 3.8) is 0 Å². The first-order valence-corrected chi connectivity index (χ1v) is 8.10. The SMILES string of the molecule is CC(C(=O)N1CCC=C(c2ccco2)C1)n1cnc2c(N)ncnc21. The lowest BCUT2D eigenvalue weighted by molar-refractivity contribution is -0.133. The summed E-state index contributed by atoms with van der Waals surface area (Å²) in [6.45, 7) is 3.05. The molecule has 1 aliphatic heterocycles. The molecule has 4 heterocycles. The molecule has 1 amide bonds. The Morgan fingerprint density at radius 3 is 3.04 bits per heavy atom. The molecule has 0 aromatic carbocycles. The molecular formula is C17H18N6O2. The van der Waals surface area contributed by atoms with Gasteiger partial charge in [-0.15, -0.1) is 0 Å². The highest BCUT2D eigenvalue weighted by molar-refractivity contribution is 5.86. The number of hydrogen-bond acceptors (Lipinski definition) is 6. The Bertz CT molecular complexity index is 943.